The number of aliphatic hydroxyl groups is 1. The lowest BCUT2D eigenvalue weighted by atomic mass is 10.1. The maximum atomic E-state index is 11.8. The molecule has 0 spiro atoms. The van der Waals surface area contributed by atoms with Crippen molar-refractivity contribution in [3.63, 3.8) is 0 Å². The summed E-state index contributed by atoms with van der Waals surface area (Å²) in [5.41, 5.74) is 1.12. The topological polar surface area (TPSA) is 70.6 Å². The quantitative estimate of drug-likeness (QED) is 0.702. The smallest absolute Gasteiger partial charge is 0.220 e. The van der Waals surface area contributed by atoms with Crippen LogP contribution in [0, 0.1) is 5.92 Å². The first-order valence-corrected chi connectivity index (χ1v) is 7.56. The summed E-state index contributed by atoms with van der Waals surface area (Å²) in [6.07, 6.45) is 0.824. The highest BCUT2D eigenvalue weighted by Crippen LogP contribution is 2.13. The first-order valence-electron chi connectivity index (χ1n) is 7.56. The fraction of sp³-hybridized carbons (Fsp3) is 0.562. The highest BCUT2D eigenvalue weighted by atomic mass is 35.5. The molecule has 1 aromatic rings. The minimum Gasteiger partial charge on any atom is -0.494 e. The molecule has 1 aromatic carbocycles. The number of carbonyl (C=O) groups is 1. The van der Waals surface area contributed by atoms with Gasteiger partial charge in [-0.25, -0.2) is 0 Å². The zero-order valence-corrected chi connectivity index (χ0v) is 13.7. The lowest BCUT2D eigenvalue weighted by molar-refractivity contribution is -0.121. The third-order valence-corrected chi connectivity index (χ3v) is 3.74. The average molecular weight is 329 g/mol. The highest BCUT2D eigenvalue weighted by Gasteiger charge is 2.24. The molecular formula is C16H25ClN2O3. The Kier molecular flexibility index (Phi) is 8.24. The minimum atomic E-state index is -0.351. The molecule has 1 aliphatic rings. The van der Waals surface area contributed by atoms with Gasteiger partial charge in [0.05, 0.1) is 12.7 Å². The van der Waals surface area contributed by atoms with E-state index in [9.17, 15) is 9.90 Å². The Balaban J connectivity index is 0.00000242. The molecule has 0 aliphatic carbocycles. The second-order valence-electron chi connectivity index (χ2n) is 5.37. The molecule has 1 aliphatic heterocycles. The Morgan fingerprint density at radius 1 is 1.36 bits per heavy atom. The number of rotatable bonds is 7. The first kappa shape index (κ1) is 18.7. The van der Waals surface area contributed by atoms with E-state index in [1.165, 1.54) is 0 Å². The Morgan fingerprint density at radius 3 is 2.68 bits per heavy atom. The van der Waals surface area contributed by atoms with Crippen LogP contribution in [0.15, 0.2) is 24.3 Å². The summed E-state index contributed by atoms with van der Waals surface area (Å²) in [7, 11) is 0. The number of ether oxygens (including phenoxy) is 1. The van der Waals surface area contributed by atoms with Gasteiger partial charge >= 0.3 is 0 Å². The van der Waals surface area contributed by atoms with Gasteiger partial charge in [-0.3, -0.25) is 4.79 Å². The second kappa shape index (κ2) is 9.66. The van der Waals surface area contributed by atoms with Gasteiger partial charge in [0.15, 0.2) is 0 Å². The summed E-state index contributed by atoms with van der Waals surface area (Å²) in [5.74, 6) is 1.01. The molecule has 0 aromatic heterocycles. The number of β-amino-alcohol motifs (C(OH)–C–C–N with tert-alkyl or cyclic N) is 1. The second-order valence-corrected chi connectivity index (χ2v) is 5.37. The summed E-state index contributed by atoms with van der Waals surface area (Å²) in [4.78, 5) is 11.8. The Bertz CT molecular complexity index is 453. The van der Waals surface area contributed by atoms with Crippen LogP contribution >= 0.6 is 12.4 Å². The van der Waals surface area contributed by atoms with Crippen LogP contribution in [-0.2, 0) is 11.2 Å². The molecular weight excluding hydrogens is 304 g/mol. The SMILES string of the molecule is CCOc1ccc(CCC(=O)NCC2CNCC2O)cc1.Cl. The molecule has 3 N–H and O–H groups in total. The number of aliphatic hydroxyl groups excluding tert-OH is 1. The molecule has 1 fully saturated rings. The Labute approximate surface area is 137 Å². The van der Waals surface area contributed by atoms with Crippen LogP contribution in [0.3, 0.4) is 0 Å². The standard InChI is InChI=1S/C16H24N2O3.ClH/c1-2-21-14-6-3-12(4-7-14)5-8-16(20)18-10-13-9-17-11-15(13)19;/h3-4,6-7,13,15,17,19H,2,5,8-11H2,1H3,(H,18,20);1H. The van der Waals surface area contributed by atoms with Gasteiger partial charge in [-0.15, -0.1) is 12.4 Å². The van der Waals surface area contributed by atoms with Gasteiger partial charge in [-0.1, -0.05) is 12.1 Å². The summed E-state index contributed by atoms with van der Waals surface area (Å²) < 4.78 is 5.38. The zero-order valence-electron chi connectivity index (χ0n) is 12.9. The van der Waals surface area contributed by atoms with Crippen molar-refractivity contribution in [3.8, 4) is 5.75 Å². The molecule has 1 heterocycles. The van der Waals surface area contributed by atoms with Crippen LogP contribution in [0.1, 0.15) is 18.9 Å². The van der Waals surface area contributed by atoms with Crippen LogP contribution in [0.4, 0.5) is 0 Å². The molecule has 124 valence electrons. The van der Waals surface area contributed by atoms with Gasteiger partial charge in [-0.2, -0.15) is 0 Å². The van der Waals surface area contributed by atoms with Crippen molar-refractivity contribution < 1.29 is 14.6 Å². The summed E-state index contributed by atoms with van der Waals surface area (Å²) >= 11 is 0. The van der Waals surface area contributed by atoms with Gasteiger partial charge < -0.3 is 20.5 Å². The van der Waals surface area contributed by atoms with E-state index < -0.39 is 0 Å². The molecule has 2 rings (SSSR count). The molecule has 5 nitrogen and oxygen atoms in total. The molecule has 1 saturated heterocycles. The van der Waals surface area contributed by atoms with Gasteiger partial charge in [0, 0.05) is 32.0 Å². The van der Waals surface area contributed by atoms with E-state index in [2.05, 4.69) is 10.6 Å². The largest absolute Gasteiger partial charge is 0.494 e. The number of aryl methyl sites for hydroxylation is 1. The van der Waals surface area contributed by atoms with Crippen LogP contribution < -0.4 is 15.4 Å². The summed E-state index contributed by atoms with van der Waals surface area (Å²) in [6, 6.07) is 7.83. The van der Waals surface area contributed by atoms with Crippen LogP contribution in [0.5, 0.6) is 5.75 Å². The molecule has 0 saturated carbocycles. The molecule has 2 unspecified atom stereocenters. The van der Waals surface area contributed by atoms with Crippen molar-refractivity contribution in [1.82, 2.24) is 10.6 Å². The van der Waals surface area contributed by atoms with Crippen molar-refractivity contribution in [3.05, 3.63) is 29.8 Å². The summed E-state index contributed by atoms with van der Waals surface area (Å²) in [5, 5.41) is 15.7. The van der Waals surface area contributed by atoms with Crippen molar-refractivity contribution >= 4 is 18.3 Å². The van der Waals surface area contributed by atoms with E-state index in [-0.39, 0.29) is 30.3 Å². The van der Waals surface area contributed by atoms with Crippen molar-refractivity contribution in [1.29, 1.82) is 0 Å². The van der Waals surface area contributed by atoms with Gasteiger partial charge in [0.1, 0.15) is 5.75 Å². The number of hydrogen-bond donors (Lipinski definition) is 3. The number of benzene rings is 1. The number of nitrogens with one attached hydrogen (secondary N) is 2. The average Bonchev–Trinajstić information content (AvgIpc) is 2.90. The first-order chi connectivity index (χ1) is 10.2. The summed E-state index contributed by atoms with van der Waals surface area (Å²) in [6.45, 7) is 4.53. The zero-order chi connectivity index (χ0) is 15.1. The van der Waals surface area contributed by atoms with Crippen molar-refractivity contribution in [2.24, 2.45) is 5.92 Å². The maximum absolute atomic E-state index is 11.8. The van der Waals surface area contributed by atoms with E-state index >= 15 is 0 Å². The predicted molar refractivity (Wildman–Crippen MR) is 88.6 cm³/mol. The third kappa shape index (κ3) is 5.83. The van der Waals surface area contributed by atoms with Crippen molar-refractivity contribution in [2.75, 3.05) is 26.2 Å². The fourth-order valence-corrected chi connectivity index (χ4v) is 2.44. The number of hydrogen-bond acceptors (Lipinski definition) is 4. The number of carbonyl (C=O) groups excluding carboxylic acids is 1. The van der Waals surface area contributed by atoms with Gasteiger partial charge in [-0.05, 0) is 31.0 Å². The molecule has 1 amide bonds. The van der Waals surface area contributed by atoms with Gasteiger partial charge in [0.2, 0.25) is 5.91 Å². The van der Waals surface area contributed by atoms with E-state index in [0.717, 1.165) is 17.9 Å². The van der Waals surface area contributed by atoms with Crippen LogP contribution in [-0.4, -0.2) is 43.4 Å². The van der Waals surface area contributed by atoms with E-state index in [4.69, 9.17) is 4.74 Å². The maximum Gasteiger partial charge on any atom is 0.220 e. The fourth-order valence-electron chi connectivity index (χ4n) is 2.44. The van der Waals surface area contributed by atoms with E-state index in [1.54, 1.807) is 0 Å². The normalized spacial score (nSPS) is 20.3. The minimum absolute atomic E-state index is 0. The highest BCUT2D eigenvalue weighted by molar-refractivity contribution is 5.85. The van der Waals surface area contributed by atoms with Crippen LogP contribution in [0.2, 0.25) is 0 Å². The third-order valence-electron chi connectivity index (χ3n) is 3.74. The number of halogens is 1. The lowest BCUT2D eigenvalue weighted by Crippen LogP contribution is -2.34. The predicted octanol–water partition coefficient (Wildman–Crippen LogP) is 1.14. The Morgan fingerprint density at radius 2 is 2.09 bits per heavy atom. The molecule has 6 heteroatoms. The molecule has 2 atom stereocenters. The molecule has 0 radical (unpaired) electrons. The monoisotopic (exact) mass is 328 g/mol. The van der Waals surface area contributed by atoms with Crippen molar-refractivity contribution in [2.45, 2.75) is 25.9 Å². The van der Waals surface area contributed by atoms with E-state index in [1.807, 2.05) is 31.2 Å². The van der Waals surface area contributed by atoms with Gasteiger partial charge in [0.25, 0.3) is 0 Å². The number of amides is 1. The lowest BCUT2D eigenvalue weighted by Gasteiger charge is -2.14. The van der Waals surface area contributed by atoms with E-state index in [0.29, 0.717) is 32.5 Å². The van der Waals surface area contributed by atoms with Crippen LogP contribution in [0.25, 0.3) is 0 Å². The Hall–Kier alpha value is -1.30. The molecule has 0 bridgehead atoms. The molecule has 22 heavy (non-hydrogen) atoms.